The Hall–Kier alpha value is -1.17. The van der Waals surface area contributed by atoms with Gasteiger partial charge in [-0.05, 0) is 12.3 Å². The van der Waals surface area contributed by atoms with E-state index in [2.05, 4.69) is 14.7 Å². The number of nitrogens with zero attached hydrogens (tertiary/aromatic N) is 2. The second-order valence-corrected chi connectivity index (χ2v) is 5.17. The lowest BCUT2D eigenvalue weighted by Gasteiger charge is -2.14. The molecule has 0 spiro atoms. The van der Waals surface area contributed by atoms with Gasteiger partial charge in [-0.1, -0.05) is 20.8 Å². The number of hydrogen-bond acceptors (Lipinski definition) is 5. The summed E-state index contributed by atoms with van der Waals surface area (Å²) >= 11 is 1.28. The molecule has 96 valence electrons. The first-order valence-electron chi connectivity index (χ1n) is 5.82. The summed E-state index contributed by atoms with van der Waals surface area (Å²) in [6.45, 7) is 6.45. The summed E-state index contributed by atoms with van der Waals surface area (Å²) in [5, 5.41) is 12.8. The van der Waals surface area contributed by atoms with Crippen molar-refractivity contribution in [3.05, 3.63) is 5.82 Å². The molecule has 0 aromatic carbocycles. The van der Waals surface area contributed by atoms with Crippen molar-refractivity contribution in [2.24, 2.45) is 11.8 Å². The van der Waals surface area contributed by atoms with Crippen LogP contribution in [0.4, 0.5) is 5.13 Å². The number of anilines is 1. The summed E-state index contributed by atoms with van der Waals surface area (Å²) in [6.07, 6.45) is 1.47. The molecular formula is C11H19N3O2S. The summed E-state index contributed by atoms with van der Waals surface area (Å²) < 4.78 is 4.14. The fourth-order valence-electron chi connectivity index (χ4n) is 1.52. The number of rotatable bonds is 7. The number of carboxylic acids is 1. The molecule has 0 aliphatic rings. The zero-order valence-corrected chi connectivity index (χ0v) is 11.3. The van der Waals surface area contributed by atoms with Crippen LogP contribution in [-0.2, 0) is 11.2 Å². The maximum Gasteiger partial charge on any atom is 0.308 e. The van der Waals surface area contributed by atoms with Gasteiger partial charge in [-0.2, -0.15) is 4.37 Å². The summed E-state index contributed by atoms with van der Waals surface area (Å²) in [7, 11) is 0. The van der Waals surface area contributed by atoms with Gasteiger partial charge in [0.1, 0.15) is 5.82 Å². The standard InChI is InChI=1S/C11H19N3O2S/c1-4-9-13-11(17-14-9)12-6-8(10(15)16)5-7(2)3/h7-8H,4-6H2,1-3H3,(H,15,16)(H,12,13,14). The largest absolute Gasteiger partial charge is 0.481 e. The van der Waals surface area contributed by atoms with Crippen molar-refractivity contribution in [2.75, 3.05) is 11.9 Å². The Balaban J connectivity index is 2.48. The van der Waals surface area contributed by atoms with E-state index >= 15 is 0 Å². The third-order valence-electron chi connectivity index (χ3n) is 2.39. The predicted molar refractivity (Wildman–Crippen MR) is 68.4 cm³/mol. The van der Waals surface area contributed by atoms with E-state index in [1.165, 1.54) is 11.5 Å². The molecule has 0 aliphatic carbocycles. The number of carboxylic acid groups (broad SMARTS) is 1. The first kappa shape index (κ1) is 13.9. The minimum atomic E-state index is -0.758. The Morgan fingerprint density at radius 3 is 2.71 bits per heavy atom. The van der Waals surface area contributed by atoms with Crippen molar-refractivity contribution in [1.29, 1.82) is 0 Å². The van der Waals surface area contributed by atoms with Gasteiger partial charge in [0, 0.05) is 24.5 Å². The summed E-state index contributed by atoms with van der Waals surface area (Å²) in [6, 6.07) is 0. The van der Waals surface area contributed by atoms with E-state index in [-0.39, 0.29) is 5.92 Å². The highest BCUT2D eigenvalue weighted by molar-refractivity contribution is 7.09. The lowest BCUT2D eigenvalue weighted by Crippen LogP contribution is -2.24. The van der Waals surface area contributed by atoms with Gasteiger partial charge in [-0.25, -0.2) is 4.98 Å². The lowest BCUT2D eigenvalue weighted by molar-refractivity contribution is -0.141. The van der Waals surface area contributed by atoms with E-state index in [9.17, 15) is 4.79 Å². The average molecular weight is 257 g/mol. The lowest BCUT2D eigenvalue weighted by atomic mass is 9.97. The van der Waals surface area contributed by atoms with Crippen molar-refractivity contribution in [3.8, 4) is 0 Å². The fourth-order valence-corrected chi connectivity index (χ4v) is 2.18. The Morgan fingerprint density at radius 1 is 1.53 bits per heavy atom. The molecule has 0 fully saturated rings. The fraction of sp³-hybridized carbons (Fsp3) is 0.727. The number of aliphatic carboxylic acids is 1. The van der Waals surface area contributed by atoms with Gasteiger partial charge in [0.05, 0.1) is 5.92 Å². The van der Waals surface area contributed by atoms with Gasteiger partial charge in [-0.15, -0.1) is 0 Å². The molecule has 17 heavy (non-hydrogen) atoms. The minimum absolute atomic E-state index is 0.371. The van der Waals surface area contributed by atoms with Crippen LogP contribution in [-0.4, -0.2) is 27.0 Å². The Kier molecular flexibility index (Phi) is 5.34. The van der Waals surface area contributed by atoms with Gasteiger partial charge in [0.25, 0.3) is 0 Å². The SMILES string of the molecule is CCc1nsc(NCC(CC(C)C)C(=O)O)n1. The summed E-state index contributed by atoms with van der Waals surface area (Å²) in [4.78, 5) is 15.3. The number of aromatic nitrogens is 2. The monoisotopic (exact) mass is 257 g/mol. The minimum Gasteiger partial charge on any atom is -0.481 e. The van der Waals surface area contributed by atoms with E-state index in [4.69, 9.17) is 5.11 Å². The molecule has 2 N–H and O–H groups in total. The molecule has 0 radical (unpaired) electrons. The molecule has 1 heterocycles. The molecule has 0 saturated carbocycles. The molecule has 5 nitrogen and oxygen atoms in total. The molecule has 1 unspecified atom stereocenters. The molecular weight excluding hydrogens is 238 g/mol. The van der Waals surface area contributed by atoms with Crippen LogP contribution in [0.15, 0.2) is 0 Å². The molecule has 1 rings (SSSR count). The predicted octanol–water partition coefficient (Wildman–Crippen LogP) is 2.26. The highest BCUT2D eigenvalue weighted by Gasteiger charge is 2.19. The molecule has 0 amide bonds. The quantitative estimate of drug-likeness (QED) is 0.783. The van der Waals surface area contributed by atoms with Crippen LogP contribution in [0.25, 0.3) is 0 Å². The molecule has 0 bridgehead atoms. The van der Waals surface area contributed by atoms with Gasteiger partial charge in [-0.3, -0.25) is 4.79 Å². The average Bonchev–Trinajstić information content (AvgIpc) is 2.71. The molecule has 1 atom stereocenters. The van der Waals surface area contributed by atoms with Crippen molar-refractivity contribution < 1.29 is 9.90 Å². The van der Waals surface area contributed by atoms with Gasteiger partial charge >= 0.3 is 5.97 Å². The zero-order valence-electron chi connectivity index (χ0n) is 10.4. The van der Waals surface area contributed by atoms with E-state index in [1.54, 1.807) is 0 Å². The molecule has 1 aromatic heterocycles. The van der Waals surface area contributed by atoms with Gasteiger partial charge < -0.3 is 10.4 Å². The third-order valence-corrected chi connectivity index (χ3v) is 3.10. The molecule has 0 aliphatic heterocycles. The van der Waals surface area contributed by atoms with Crippen molar-refractivity contribution >= 4 is 22.6 Å². The second kappa shape index (κ2) is 6.54. The smallest absolute Gasteiger partial charge is 0.308 e. The molecule has 6 heteroatoms. The number of aryl methyl sites for hydroxylation is 1. The topological polar surface area (TPSA) is 75.1 Å². The van der Waals surface area contributed by atoms with Crippen LogP contribution in [0, 0.1) is 11.8 Å². The zero-order chi connectivity index (χ0) is 12.8. The number of carbonyl (C=O) groups is 1. The van der Waals surface area contributed by atoms with Crippen molar-refractivity contribution in [3.63, 3.8) is 0 Å². The highest BCUT2D eigenvalue weighted by atomic mass is 32.1. The van der Waals surface area contributed by atoms with Crippen molar-refractivity contribution in [2.45, 2.75) is 33.6 Å². The first-order valence-corrected chi connectivity index (χ1v) is 6.59. The maximum atomic E-state index is 11.0. The number of hydrogen-bond donors (Lipinski definition) is 2. The van der Waals surface area contributed by atoms with Crippen LogP contribution >= 0.6 is 11.5 Å². The van der Waals surface area contributed by atoms with Crippen LogP contribution in [0.2, 0.25) is 0 Å². The van der Waals surface area contributed by atoms with Crippen molar-refractivity contribution in [1.82, 2.24) is 9.36 Å². The Labute approximate surface area is 105 Å². The molecule has 1 aromatic rings. The van der Waals surface area contributed by atoms with Crippen LogP contribution < -0.4 is 5.32 Å². The van der Waals surface area contributed by atoms with Gasteiger partial charge in [0.2, 0.25) is 5.13 Å². The van der Waals surface area contributed by atoms with Crippen LogP contribution in [0.5, 0.6) is 0 Å². The first-order chi connectivity index (χ1) is 8.02. The van der Waals surface area contributed by atoms with Crippen LogP contribution in [0.3, 0.4) is 0 Å². The van der Waals surface area contributed by atoms with E-state index in [0.29, 0.717) is 24.0 Å². The second-order valence-electron chi connectivity index (χ2n) is 4.41. The van der Waals surface area contributed by atoms with Crippen LogP contribution in [0.1, 0.15) is 33.0 Å². The van der Waals surface area contributed by atoms with E-state index < -0.39 is 5.97 Å². The molecule has 0 saturated heterocycles. The Morgan fingerprint density at radius 2 is 2.24 bits per heavy atom. The highest BCUT2D eigenvalue weighted by Crippen LogP contribution is 2.16. The van der Waals surface area contributed by atoms with E-state index in [1.807, 2.05) is 20.8 Å². The summed E-state index contributed by atoms with van der Waals surface area (Å²) in [5.41, 5.74) is 0. The Bertz CT molecular complexity index is 365. The third kappa shape index (κ3) is 4.68. The van der Waals surface area contributed by atoms with E-state index in [0.717, 1.165) is 12.2 Å². The normalized spacial score (nSPS) is 12.7. The maximum absolute atomic E-state index is 11.0. The summed E-state index contributed by atoms with van der Waals surface area (Å²) in [5.74, 6) is 0.0437. The number of nitrogens with one attached hydrogen (secondary N) is 1. The van der Waals surface area contributed by atoms with Gasteiger partial charge in [0.15, 0.2) is 0 Å².